The van der Waals surface area contributed by atoms with Gasteiger partial charge in [0.05, 0.1) is 0 Å². The molecule has 0 amide bonds. The van der Waals surface area contributed by atoms with Crippen LogP contribution in [0, 0.1) is 0 Å². The molecule has 0 fully saturated rings. The first-order chi connectivity index (χ1) is 7.85. The molecule has 0 saturated heterocycles. The Kier molecular flexibility index (Phi) is 13.6. The fourth-order valence-corrected chi connectivity index (χ4v) is 2.75. The number of thioether (sulfide) groups is 1. The molecule has 0 radical (unpaired) electrons. The van der Waals surface area contributed by atoms with Gasteiger partial charge >= 0.3 is 0 Å². The first kappa shape index (κ1) is 16.3. The summed E-state index contributed by atoms with van der Waals surface area (Å²) in [5.41, 5.74) is 0.440. The Labute approximate surface area is 107 Å². The molecule has 0 aromatic heterocycles. The van der Waals surface area contributed by atoms with Crippen molar-refractivity contribution in [1.82, 2.24) is 0 Å². The van der Waals surface area contributed by atoms with Gasteiger partial charge < -0.3 is 4.74 Å². The molecule has 0 aromatic carbocycles. The summed E-state index contributed by atoms with van der Waals surface area (Å²) in [5, 5.41) is 0. The Morgan fingerprint density at radius 1 is 0.875 bits per heavy atom. The molecule has 1 nitrogen and oxygen atoms in total. The third kappa shape index (κ3) is 10.8. The molecule has 16 heavy (non-hydrogen) atoms. The van der Waals surface area contributed by atoms with Gasteiger partial charge in [-0.1, -0.05) is 52.4 Å². The fourth-order valence-electron chi connectivity index (χ4n) is 1.79. The summed E-state index contributed by atoms with van der Waals surface area (Å²) in [7, 11) is 1.84. The summed E-state index contributed by atoms with van der Waals surface area (Å²) in [5.74, 6) is 1.23. The van der Waals surface area contributed by atoms with Crippen LogP contribution in [0.5, 0.6) is 0 Å². The molecule has 1 unspecified atom stereocenters. The maximum Gasteiger partial charge on any atom is 0.102 e. The summed E-state index contributed by atoms with van der Waals surface area (Å²) in [6.07, 6.45) is 12.2. The molecular formula is C14H30OS. The van der Waals surface area contributed by atoms with Crippen molar-refractivity contribution in [2.24, 2.45) is 0 Å². The first-order valence-corrected chi connectivity index (χ1v) is 8.04. The van der Waals surface area contributed by atoms with Crippen molar-refractivity contribution < 1.29 is 4.74 Å². The van der Waals surface area contributed by atoms with Gasteiger partial charge in [-0.05, 0) is 25.0 Å². The van der Waals surface area contributed by atoms with Crippen LogP contribution >= 0.6 is 11.8 Å². The molecule has 0 rings (SSSR count). The van der Waals surface area contributed by atoms with Gasteiger partial charge in [0.15, 0.2) is 0 Å². The number of ether oxygens (including phenoxy) is 1. The lowest BCUT2D eigenvalue weighted by Crippen LogP contribution is -2.06. The SMILES string of the molecule is CCCCCCCCCC(OC)SCCC. The zero-order valence-corrected chi connectivity index (χ0v) is 12.3. The van der Waals surface area contributed by atoms with Crippen molar-refractivity contribution >= 4 is 11.8 Å². The quantitative estimate of drug-likeness (QED) is 0.344. The topological polar surface area (TPSA) is 9.23 Å². The van der Waals surface area contributed by atoms with Crippen molar-refractivity contribution in [3.63, 3.8) is 0 Å². The minimum Gasteiger partial charge on any atom is -0.371 e. The van der Waals surface area contributed by atoms with Crippen LogP contribution < -0.4 is 0 Å². The van der Waals surface area contributed by atoms with Gasteiger partial charge in [0, 0.05) is 7.11 Å². The second-order valence-electron chi connectivity index (χ2n) is 4.45. The Bertz CT molecular complexity index is 128. The van der Waals surface area contributed by atoms with E-state index in [0.717, 1.165) is 0 Å². The van der Waals surface area contributed by atoms with Crippen LogP contribution in [0.25, 0.3) is 0 Å². The van der Waals surface area contributed by atoms with Crippen LogP contribution in [-0.4, -0.2) is 18.3 Å². The Morgan fingerprint density at radius 3 is 2.06 bits per heavy atom. The second kappa shape index (κ2) is 13.4. The summed E-state index contributed by atoms with van der Waals surface area (Å²) in [4.78, 5) is 0. The Hall–Kier alpha value is 0.310. The molecular weight excluding hydrogens is 216 g/mol. The van der Waals surface area contributed by atoms with Crippen LogP contribution in [0.4, 0.5) is 0 Å². The molecule has 0 aliphatic rings. The lowest BCUT2D eigenvalue weighted by atomic mass is 10.1. The van der Waals surface area contributed by atoms with Gasteiger partial charge in [0.1, 0.15) is 5.44 Å². The van der Waals surface area contributed by atoms with E-state index >= 15 is 0 Å². The van der Waals surface area contributed by atoms with Crippen LogP contribution in [0.3, 0.4) is 0 Å². The second-order valence-corrected chi connectivity index (χ2v) is 5.71. The number of unbranched alkanes of at least 4 members (excludes halogenated alkanes) is 6. The largest absolute Gasteiger partial charge is 0.371 e. The average Bonchev–Trinajstić information content (AvgIpc) is 2.32. The van der Waals surface area contributed by atoms with E-state index in [1.807, 2.05) is 18.9 Å². The van der Waals surface area contributed by atoms with Crippen molar-refractivity contribution in [2.45, 2.75) is 77.1 Å². The highest BCUT2D eigenvalue weighted by Gasteiger charge is 2.05. The van der Waals surface area contributed by atoms with E-state index in [0.29, 0.717) is 5.44 Å². The van der Waals surface area contributed by atoms with Gasteiger partial charge in [-0.25, -0.2) is 0 Å². The lowest BCUT2D eigenvalue weighted by molar-refractivity contribution is 0.163. The van der Waals surface area contributed by atoms with E-state index in [-0.39, 0.29) is 0 Å². The smallest absolute Gasteiger partial charge is 0.102 e. The normalized spacial score (nSPS) is 12.9. The van der Waals surface area contributed by atoms with E-state index in [1.54, 1.807) is 0 Å². The number of rotatable bonds is 12. The predicted molar refractivity (Wildman–Crippen MR) is 76.2 cm³/mol. The molecule has 0 saturated carbocycles. The monoisotopic (exact) mass is 246 g/mol. The lowest BCUT2D eigenvalue weighted by Gasteiger charge is -2.14. The van der Waals surface area contributed by atoms with Crippen molar-refractivity contribution in [3.8, 4) is 0 Å². The predicted octanol–water partition coefficient (Wildman–Crippen LogP) is 5.24. The number of hydrogen-bond acceptors (Lipinski definition) is 2. The van der Waals surface area contributed by atoms with E-state index < -0.39 is 0 Å². The molecule has 0 aliphatic carbocycles. The highest BCUT2D eigenvalue weighted by Crippen LogP contribution is 2.19. The van der Waals surface area contributed by atoms with Gasteiger partial charge in [0.25, 0.3) is 0 Å². The first-order valence-electron chi connectivity index (χ1n) is 6.99. The minimum absolute atomic E-state index is 0.440. The number of hydrogen-bond donors (Lipinski definition) is 0. The summed E-state index contributed by atoms with van der Waals surface area (Å²) < 4.78 is 5.46. The third-order valence-electron chi connectivity index (χ3n) is 2.81. The standard InChI is InChI=1S/C14H30OS/c1-4-6-7-8-9-10-11-12-14(15-3)16-13-5-2/h14H,4-13H2,1-3H3. The van der Waals surface area contributed by atoms with E-state index in [1.165, 1.54) is 63.5 Å². The zero-order valence-electron chi connectivity index (χ0n) is 11.5. The molecule has 1 atom stereocenters. The molecule has 0 N–H and O–H groups in total. The van der Waals surface area contributed by atoms with Gasteiger partial charge in [-0.2, -0.15) is 0 Å². The molecule has 0 aromatic rings. The van der Waals surface area contributed by atoms with Gasteiger partial charge in [-0.15, -0.1) is 11.8 Å². The molecule has 2 heteroatoms. The van der Waals surface area contributed by atoms with Crippen molar-refractivity contribution in [3.05, 3.63) is 0 Å². The van der Waals surface area contributed by atoms with Crippen LogP contribution in [0.2, 0.25) is 0 Å². The Morgan fingerprint density at radius 2 is 1.50 bits per heavy atom. The highest BCUT2D eigenvalue weighted by atomic mass is 32.2. The van der Waals surface area contributed by atoms with Gasteiger partial charge in [-0.3, -0.25) is 0 Å². The van der Waals surface area contributed by atoms with Gasteiger partial charge in [0.2, 0.25) is 0 Å². The highest BCUT2D eigenvalue weighted by molar-refractivity contribution is 7.99. The number of methoxy groups -OCH3 is 1. The van der Waals surface area contributed by atoms with E-state index in [2.05, 4.69) is 13.8 Å². The minimum atomic E-state index is 0.440. The van der Waals surface area contributed by atoms with Crippen LogP contribution in [0.15, 0.2) is 0 Å². The van der Waals surface area contributed by atoms with Crippen LogP contribution in [-0.2, 0) is 4.74 Å². The van der Waals surface area contributed by atoms with Crippen molar-refractivity contribution in [1.29, 1.82) is 0 Å². The summed E-state index contributed by atoms with van der Waals surface area (Å²) in [6.45, 7) is 4.50. The van der Waals surface area contributed by atoms with Crippen LogP contribution in [0.1, 0.15) is 71.6 Å². The molecule has 0 heterocycles. The fraction of sp³-hybridized carbons (Fsp3) is 1.00. The molecule has 0 bridgehead atoms. The van der Waals surface area contributed by atoms with E-state index in [4.69, 9.17) is 4.74 Å². The van der Waals surface area contributed by atoms with Crippen molar-refractivity contribution in [2.75, 3.05) is 12.9 Å². The third-order valence-corrected chi connectivity index (χ3v) is 4.26. The van der Waals surface area contributed by atoms with E-state index in [9.17, 15) is 0 Å². The average molecular weight is 246 g/mol. The molecule has 0 spiro atoms. The maximum atomic E-state index is 5.46. The summed E-state index contributed by atoms with van der Waals surface area (Å²) >= 11 is 1.97. The maximum absolute atomic E-state index is 5.46. The molecule has 98 valence electrons. The molecule has 0 aliphatic heterocycles. The Balaban J connectivity index is 3.20. The zero-order chi connectivity index (χ0) is 12.1. The summed E-state index contributed by atoms with van der Waals surface area (Å²) in [6, 6.07) is 0.